The van der Waals surface area contributed by atoms with Gasteiger partial charge in [-0.05, 0) is 37.5 Å². The number of halogens is 6. The van der Waals surface area contributed by atoms with Crippen LogP contribution in [0.4, 0.5) is 22.0 Å². The van der Waals surface area contributed by atoms with Gasteiger partial charge >= 0.3 is 6.18 Å². The Hall–Kier alpha value is -3.74. The van der Waals surface area contributed by atoms with E-state index in [0.29, 0.717) is 17.0 Å². The Bertz CT molecular complexity index is 1530. The minimum Gasteiger partial charge on any atom is -0.496 e. The van der Waals surface area contributed by atoms with Gasteiger partial charge in [-0.15, -0.1) is 0 Å². The number of nitrogens with one attached hydrogen (secondary N) is 1. The van der Waals surface area contributed by atoms with Gasteiger partial charge in [0.2, 0.25) is 0 Å². The van der Waals surface area contributed by atoms with Gasteiger partial charge in [-0.3, -0.25) is 9.48 Å². The smallest absolute Gasteiger partial charge is 0.436 e. The lowest BCUT2D eigenvalue weighted by Gasteiger charge is -2.11. The molecule has 0 saturated heterocycles. The van der Waals surface area contributed by atoms with Gasteiger partial charge in [0.15, 0.2) is 11.3 Å². The summed E-state index contributed by atoms with van der Waals surface area (Å²) in [5, 5.41) is 9.88. The number of ether oxygens (including phenoxy) is 1. The number of amides is 1. The summed E-state index contributed by atoms with van der Waals surface area (Å²) in [6.45, 7) is 0.176. The van der Waals surface area contributed by atoms with Crippen LogP contribution < -0.4 is 10.1 Å². The number of fused-ring (bicyclic) bond motifs is 1. The van der Waals surface area contributed by atoms with Crippen molar-refractivity contribution in [2.75, 3.05) is 13.7 Å². The summed E-state index contributed by atoms with van der Waals surface area (Å²) in [6.07, 6.45) is -4.71. The quantitative estimate of drug-likeness (QED) is 0.200. The topological polar surface area (TPSA) is 86.3 Å². The normalized spacial score (nSPS) is 13.8. The molecule has 3 aromatic heterocycles. The van der Waals surface area contributed by atoms with Crippen LogP contribution in [0.2, 0.25) is 5.02 Å². The second-order valence-electron chi connectivity index (χ2n) is 9.01. The largest absolute Gasteiger partial charge is 0.496 e. The van der Waals surface area contributed by atoms with Crippen molar-refractivity contribution in [3.63, 3.8) is 0 Å². The number of methoxy groups -OCH3 is 1. The van der Waals surface area contributed by atoms with Gasteiger partial charge in [-0.1, -0.05) is 23.7 Å². The van der Waals surface area contributed by atoms with E-state index in [1.807, 2.05) is 0 Å². The van der Waals surface area contributed by atoms with Crippen LogP contribution in [-0.2, 0) is 12.7 Å². The van der Waals surface area contributed by atoms with Gasteiger partial charge in [0.05, 0.1) is 29.7 Å². The molecule has 0 unspecified atom stereocenters. The molecule has 0 atom stereocenters. The molecule has 39 heavy (non-hydrogen) atoms. The van der Waals surface area contributed by atoms with Crippen molar-refractivity contribution in [2.45, 2.75) is 44.3 Å². The minimum absolute atomic E-state index is 0.0335. The van der Waals surface area contributed by atoms with E-state index < -0.39 is 29.9 Å². The molecule has 0 bridgehead atoms. The maximum Gasteiger partial charge on any atom is 0.436 e. The summed E-state index contributed by atoms with van der Waals surface area (Å²) in [7, 11) is 1.44. The second-order valence-corrected chi connectivity index (χ2v) is 9.39. The minimum atomic E-state index is -4.67. The van der Waals surface area contributed by atoms with E-state index >= 15 is 0 Å². The van der Waals surface area contributed by atoms with Crippen LogP contribution in [-0.4, -0.2) is 43.9 Å². The maximum absolute atomic E-state index is 13.9. The highest BCUT2D eigenvalue weighted by Gasteiger charge is 2.42. The van der Waals surface area contributed by atoms with E-state index in [0.717, 1.165) is 23.6 Å². The fourth-order valence-electron chi connectivity index (χ4n) is 4.37. The third-order valence-electron chi connectivity index (χ3n) is 6.35. The monoisotopic (exact) mass is 568 g/mol. The zero-order valence-electron chi connectivity index (χ0n) is 20.5. The molecular formula is C25H22ClF5N6O2. The van der Waals surface area contributed by atoms with E-state index in [1.165, 1.54) is 17.9 Å². The Morgan fingerprint density at radius 1 is 1.26 bits per heavy atom. The number of carbonyl (C=O) groups excluding carboxylic acids is 1. The lowest BCUT2D eigenvalue weighted by Crippen LogP contribution is -2.25. The number of hydrogen-bond donors (Lipinski definition) is 1. The van der Waals surface area contributed by atoms with E-state index in [-0.39, 0.29) is 47.4 Å². The molecule has 206 valence electrons. The Balaban J connectivity index is 1.35. The molecular weight excluding hydrogens is 547 g/mol. The van der Waals surface area contributed by atoms with Crippen molar-refractivity contribution in [2.24, 2.45) is 0 Å². The predicted molar refractivity (Wildman–Crippen MR) is 131 cm³/mol. The van der Waals surface area contributed by atoms with Crippen LogP contribution in [0.25, 0.3) is 16.9 Å². The maximum atomic E-state index is 13.9. The molecule has 1 fully saturated rings. The van der Waals surface area contributed by atoms with Crippen LogP contribution in [0, 0.1) is 0 Å². The molecule has 8 nitrogen and oxygen atoms in total. The number of nitrogens with zero attached hydrogens (tertiary/aromatic N) is 5. The Labute approximate surface area is 223 Å². The number of rotatable bonds is 9. The number of alkyl halides is 5. The average molecular weight is 569 g/mol. The SMILES string of the molecule is COc1ccccc1-c1cc(C(F)F)n2ncc(C(=O)NCCCn3nc(C(F)(F)F)c(Cl)c3C3CC3)c2n1. The highest BCUT2D eigenvalue weighted by Crippen LogP contribution is 2.47. The Morgan fingerprint density at radius 2 is 2.00 bits per heavy atom. The van der Waals surface area contributed by atoms with Crippen molar-refractivity contribution in [3.05, 3.63) is 64.2 Å². The van der Waals surface area contributed by atoms with Crippen molar-refractivity contribution >= 4 is 23.2 Å². The van der Waals surface area contributed by atoms with E-state index in [4.69, 9.17) is 16.3 Å². The summed E-state index contributed by atoms with van der Waals surface area (Å²) in [6, 6.07) is 7.93. The van der Waals surface area contributed by atoms with E-state index in [1.54, 1.807) is 24.3 Å². The lowest BCUT2D eigenvalue weighted by atomic mass is 10.1. The molecule has 14 heteroatoms. The molecule has 1 N–H and O–H groups in total. The molecule has 1 aromatic carbocycles. The van der Waals surface area contributed by atoms with Gasteiger partial charge in [-0.2, -0.15) is 23.4 Å². The van der Waals surface area contributed by atoms with Crippen LogP contribution in [0.1, 0.15) is 59.0 Å². The zero-order valence-corrected chi connectivity index (χ0v) is 21.2. The Kier molecular flexibility index (Phi) is 7.19. The number of carbonyl (C=O) groups is 1. The fraction of sp³-hybridized carbons (Fsp3) is 0.360. The molecule has 0 spiro atoms. The first-order valence-corrected chi connectivity index (χ1v) is 12.4. The molecule has 4 aromatic rings. The van der Waals surface area contributed by atoms with Gasteiger partial charge in [-0.25, -0.2) is 18.3 Å². The van der Waals surface area contributed by atoms with E-state index in [9.17, 15) is 26.7 Å². The summed E-state index contributed by atoms with van der Waals surface area (Å²) in [5.74, 6) is -0.271. The number of aromatic nitrogens is 5. The van der Waals surface area contributed by atoms with Crippen molar-refractivity contribution in [3.8, 4) is 17.0 Å². The molecule has 1 amide bonds. The predicted octanol–water partition coefficient (Wildman–Crippen LogP) is 5.91. The summed E-state index contributed by atoms with van der Waals surface area (Å²) < 4.78 is 75.1. The highest BCUT2D eigenvalue weighted by atomic mass is 35.5. The first kappa shape index (κ1) is 26.9. The van der Waals surface area contributed by atoms with Crippen LogP contribution in [0.3, 0.4) is 0 Å². The van der Waals surface area contributed by atoms with Gasteiger partial charge in [0.25, 0.3) is 12.3 Å². The van der Waals surface area contributed by atoms with Crippen LogP contribution >= 0.6 is 11.6 Å². The molecule has 3 heterocycles. The Morgan fingerprint density at radius 3 is 2.67 bits per heavy atom. The van der Waals surface area contributed by atoms with Gasteiger partial charge in [0, 0.05) is 24.6 Å². The van der Waals surface area contributed by atoms with Crippen molar-refractivity contribution in [1.82, 2.24) is 29.7 Å². The van der Waals surface area contributed by atoms with Gasteiger partial charge < -0.3 is 10.1 Å². The molecule has 5 rings (SSSR count). The number of aryl methyl sites for hydroxylation is 1. The first-order valence-electron chi connectivity index (χ1n) is 12.0. The molecule has 1 aliphatic rings. The fourth-order valence-corrected chi connectivity index (χ4v) is 4.77. The standard InChI is InChI=1S/C25H22ClF5N6O2/c1-39-18-6-3-2-5-14(18)16-11-17(22(27)28)37-23(34-16)15(12-33-37)24(38)32-9-4-10-36-20(13-7-8-13)19(26)21(35-36)25(29,30)31/h2-3,5-6,11-13,22H,4,7-10H2,1H3,(H,32,38). The zero-order chi connectivity index (χ0) is 27.9. The molecule has 1 saturated carbocycles. The third-order valence-corrected chi connectivity index (χ3v) is 6.72. The van der Waals surface area contributed by atoms with Gasteiger partial charge in [0.1, 0.15) is 17.0 Å². The number of benzene rings is 1. The summed E-state index contributed by atoms with van der Waals surface area (Å²) in [5.41, 5.74) is -0.694. The second kappa shape index (κ2) is 10.4. The van der Waals surface area contributed by atoms with Crippen molar-refractivity contribution < 1.29 is 31.5 Å². The number of para-hydroxylation sites is 1. The molecule has 0 radical (unpaired) electrons. The highest BCUT2D eigenvalue weighted by molar-refractivity contribution is 6.32. The van der Waals surface area contributed by atoms with Crippen LogP contribution in [0.5, 0.6) is 5.75 Å². The van der Waals surface area contributed by atoms with Crippen LogP contribution in [0.15, 0.2) is 36.5 Å². The summed E-state index contributed by atoms with van der Waals surface area (Å²) >= 11 is 6.00. The van der Waals surface area contributed by atoms with Crippen molar-refractivity contribution in [1.29, 1.82) is 0 Å². The van der Waals surface area contributed by atoms with E-state index in [2.05, 4.69) is 20.5 Å². The summed E-state index contributed by atoms with van der Waals surface area (Å²) in [4.78, 5) is 17.4. The third kappa shape index (κ3) is 5.27. The lowest BCUT2D eigenvalue weighted by molar-refractivity contribution is -0.141. The molecule has 0 aliphatic heterocycles. The molecule has 1 aliphatic carbocycles. The first-order chi connectivity index (χ1) is 18.6. The number of hydrogen-bond acceptors (Lipinski definition) is 5. The average Bonchev–Trinajstić information content (AvgIpc) is 3.54.